The van der Waals surface area contributed by atoms with E-state index in [1.54, 1.807) is 6.07 Å². The number of carbonyl (C=O) groups excluding carboxylic acids is 1. The van der Waals surface area contributed by atoms with Crippen LogP contribution in [0, 0.1) is 0 Å². The third-order valence-electron chi connectivity index (χ3n) is 3.66. The van der Waals surface area contributed by atoms with E-state index in [9.17, 15) is 15.0 Å². The Hall–Kier alpha value is -1.95. The lowest BCUT2D eigenvalue weighted by Gasteiger charge is -2.27. The maximum absolute atomic E-state index is 12.1. The molecule has 0 fully saturated rings. The summed E-state index contributed by atoms with van der Waals surface area (Å²) < 4.78 is 15.5. The van der Waals surface area contributed by atoms with Gasteiger partial charge in [-0.3, -0.25) is 0 Å². The number of cyclic esters (lactones) is 1. The Balaban J connectivity index is 2.38. The van der Waals surface area contributed by atoms with Crippen LogP contribution in [0.2, 0.25) is 0 Å². The molecule has 0 amide bonds. The molecule has 0 unspecified atom stereocenters. The number of esters is 1. The molecule has 2 rings (SSSR count). The Morgan fingerprint density at radius 1 is 1.43 bits per heavy atom. The number of carbonyl (C=O) groups is 1. The average molecular weight is 296 g/mol. The van der Waals surface area contributed by atoms with Crippen LogP contribution in [0.4, 0.5) is 0 Å². The van der Waals surface area contributed by atoms with Crippen molar-refractivity contribution in [2.24, 2.45) is 0 Å². The number of rotatable bonds is 5. The Kier molecular flexibility index (Phi) is 4.57. The number of aliphatic hydroxyl groups is 1. The number of ether oxygens (including phenoxy) is 3. The monoisotopic (exact) mass is 296 g/mol. The molecule has 0 radical (unpaired) electrons. The maximum Gasteiger partial charge on any atom is 0.342 e. The summed E-state index contributed by atoms with van der Waals surface area (Å²) in [6, 6.07) is 1.67. The van der Waals surface area contributed by atoms with Crippen LogP contribution in [0.3, 0.4) is 0 Å². The standard InChI is InChI=1S/C15H20O6/c1-4-9(16)7-10-5-8-6-11(19-2)14(20-3)13(17)12(8)15(18)21-10/h6,9-10,16-17H,4-5,7H2,1-3H3/t9-,10+/m0/s1. The lowest BCUT2D eigenvalue weighted by Crippen LogP contribution is -2.31. The van der Waals surface area contributed by atoms with Gasteiger partial charge in [0.1, 0.15) is 11.7 Å². The van der Waals surface area contributed by atoms with E-state index < -0.39 is 18.2 Å². The van der Waals surface area contributed by atoms with Crippen LogP contribution in [0.5, 0.6) is 17.2 Å². The van der Waals surface area contributed by atoms with Gasteiger partial charge in [-0.05, 0) is 18.1 Å². The summed E-state index contributed by atoms with van der Waals surface area (Å²) in [6.07, 6.45) is 0.469. The zero-order valence-electron chi connectivity index (χ0n) is 12.4. The number of phenols is 1. The molecule has 21 heavy (non-hydrogen) atoms. The smallest absolute Gasteiger partial charge is 0.342 e. The summed E-state index contributed by atoms with van der Waals surface area (Å²) in [5, 5.41) is 19.9. The van der Waals surface area contributed by atoms with E-state index in [2.05, 4.69) is 0 Å². The second-order valence-corrected chi connectivity index (χ2v) is 5.02. The number of aliphatic hydroxyl groups excluding tert-OH is 1. The summed E-state index contributed by atoms with van der Waals surface area (Å²) in [5.41, 5.74) is 0.740. The predicted molar refractivity (Wildman–Crippen MR) is 75.0 cm³/mol. The minimum absolute atomic E-state index is 0.106. The van der Waals surface area contributed by atoms with E-state index in [1.807, 2.05) is 6.92 Å². The number of methoxy groups -OCH3 is 2. The molecular weight excluding hydrogens is 276 g/mol. The van der Waals surface area contributed by atoms with Gasteiger partial charge in [-0.25, -0.2) is 4.79 Å². The molecule has 2 N–H and O–H groups in total. The van der Waals surface area contributed by atoms with E-state index >= 15 is 0 Å². The lowest BCUT2D eigenvalue weighted by atomic mass is 9.94. The number of hydrogen-bond acceptors (Lipinski definition) is 6. The Labute approximate surface area is 123 Å². The van der Waals surface area contributed by atoms with Crippen molar-refractivity contribution >= 4 is 5.97 Å². The first-order chi connectivity index (χ1) is 10.0. The van der Waals surface area contributed by atoms with Crippen molar-refractivity contribution in [1.29, 1.82) is 0 Å². The summed E-state index contributed by atoms with van der Waals surface area (Å²) in [6.45, 7) is 1.86. The molecule has 2 atom stereocenters. The zero-order valence-corrected chi connectivity index (χ0v) is 12.4. The summed E-state index contributed by atoms with van der Waals surface area (Å²) in [5.74, 6) is -0.409. The van der Waals surface area contributed by atoms with Gasteiger partial charge >= 0.3 is 5.97 Å². The highest BCUT2D eigenvalue weighted by molar-refractivity contribution is 5.96. The third kappa shape index (κ3) is 2.90. The molecule has 1 heterocycles. The molecule has 6 heteroatoms. The topological polar surface area (TPSA) is 85.2 Å². The van der Waals surface area contributed by atoms with Crippen molar-refractivity contribution in [2.75, 3.05) is 14.2 Å². The fourth-order valence-electron chi connectivity index (χ4n) is 2.51. The fraction of sp³-hybridized carbons (Fsp3) is 0.533. The molecule has 6 nitrogen and oxygen atoms in total. The van der Waals surface area contributed by atoms with Gasteiger partial charge in [-0.2, -0.15) is 0 Å². The summed E-state index contributed by atoms with van der Waals surface area (Å²) in [7, 11) is 2.85. The molecular formula is C15H20O6. The molecule has 0 aromatic heterocycles. The summed E-state index contributed by atoms with van der Waals surface area (Å²) >= 11 is 0. The molecule has 1 aliphatic heterocycles. The van der Waals surface area contributed by atoms with Gasteiger partial charge in [-0.1, -0.05) is 6.92 Å². The van der Waals surface area contributed by atoms with E-state index in [1.165, 1.54) is 14.2 Å². The number of aromatic hydroxyl groups is 1. The van der Waals surface area contributed by atoms with Crippen LogP contribution in [0.25, 0.3) is 0 Å². The quantitative estimate of drug-likeness (QED) is 0.804. The van der Waals surface area contributed by atoms with Gasteiger partial charge in [0.15, 0.2) is 11.5 Å². The molecule has 0 saturated heterocycles. The van der Waals surface area contributed by atoms with Gasteiger partial charge in [0.2, 0.25) is 5.75 Å². The largest absolute Gasteiger partial charge is 0.504 e. The van der Waals surface area contributed by atoms with Crippen molar-refractivity contribution in [3.63, 3.8) is 0 Å². The zero-order chi connectivity index (χ0) is 15.6. The molecule has 1 aromatic rings. The highest BCUT2D eigenvalue weighted by Crippen LogP contribution is 2.43. The van der Waals surface area contributed by atoms with E-state index in [0.29, 0.717) is 30.6 Å². The fourth-order valence-corrected chi connectivity index (χ4v) is 2.51. The van der Waals surface area contributed by atoms with E-state index in [-0.39, 0.29) is 17.1 Å². The van der Waals surface area contributed by atoms with Crippen LogP contribution in [0.15, 0.2) is 6.07 Å². The molecule has 1 aromatic carbocycles. The van der Waals surface area contributed by atoms with Gasteiger partial charge in [0.25, 0.3) is 0 Å². The third-order valence-corrected chi connectivity index (χ3v) is 3.66. The first-order valence-electron chi connectivity index (χ1n) is 6.87. The second kappa shape index (κ2) is 6.22. The highest BCUT2D eigenvalue weighted by atomic mass is 16.5. The van der Waals surface area contributed by atoms with Crippen LogP contribution in [-0.4, -0.2) is 42.6 Å². The lowest BCUT2D eigenvalue weighted by molar-refractivity contribution is 0.00937. The van der Waals surface area contributed by atoms with Gasteiger partial charge in [0.05, 0.1) is 20.3 Å². The van der Waals surface area contributed by atoms with Crippen LogP contribution >= 0.6 is 0 Å². The van der Waals surface area contributed by atoms with E-state index in [4.69, 9.17) is 14.2 Å². The minimum Gasteiger partial charge on any atom is -0.504 e. The van der Waals surface area contributed by atoms with Gasteiger partial charge in [0, 0.05) is 12.8 Å². The molecule has 0 bridgehead atoms. The molecule has 1 aliphatic rings. The molecule has 0 spiro atoms. The number of fused-ring (bicyclic) bond motifs is 1. The van der Waals surface area contributed by atoms with Crippen molar-refractivity contribution in [1.82, 2.24) is 0 Å². The van der Waals surface area contributed by atoms with Crippen LogP contribution in [-0.2, 0) is 11.2 Å². The number of benzene rings is 1. The number of phenolic OH excluding ortho intramolecular Hbond substituents is 1. The maximum atomic E-state index is 12.1. The van der Waals surface area contributed by atoms with Gasteiger partial charge in [-0.15, -0.1) is 0 Å². The molecule has 0 saturated carbocycles. The Bertz CT molecular complexity index is 539. The predicted octanol–water partition coefficient (Wildman–Crippen LogP) is 1.65. The van der Waals surface area contributed by atoms with Gasteiger partial charge < -0.3 is 24.4 Å². The normalized spacial score (nSPS) is 18.7. The van der Waals surface area contributed by atoms with Crippen molar-refractivity contribution in [2.45, 2.75) is 38.4 Å². The highest BCUT2D eigenvalue weighted by Gasteiger charge is 2.33. The van der Waals surface area contributed by atoms with Crippen LogP contribution in [0.1, 0.15) is 35.7 Å². The molecule has 116 valence electrons. The Morgan fingerprint density at radius 3 is 2.71 bits per heavy atom. The second-order valence-electron chi connectivity index (χ2n) is 5.02. The summed E-state index contributed by atoms with van der Waals surface area (Å²) in [4.78, 5) is 12.1. The van der Waals surface area contributed by atoms with Crippen molar-refractivity contribution < 1.29 is 29.2 Å². The molecule has 0 aliphatic carbocycles. The van der Waals surface area contributed by atoms with E-state index in [0.717, 1.165) is 0 Å². The average Bonchev–Trinajstić information content (AvgIpc) is 2.46. The first-order valence-corrected chi connectivity index (χ1v) is 6.87. The van der Waals surface area contributed by atoms with Crippen molar-refractivity contribution in [3.8, 4) is 17.2 Å². The first kappa shape index (κ1) is 15.4. The number of hydrogen-bond donors (Lipinski definition) is 2. The van der Waals surface area contributed by atoms with Crippen molar-refractivity contribution in [3.05, 3.63) is 17.2 Å². The van der Waals surface area contributed by atoms with Crippen LogP contribution < -0.4 is 9.47 Å². The SMILES string of the molecule is CC[C@H](O)C[C@H]1Cc2cc(OC)c(OC)c(O)c2C(=O)O1. The Morgan fingerprint density at radius 2 is 2.14 bits per heavy atom. The minimum atomic E-state index is -0.608.